The fraction of sp³-hybridized carbons (Fsp3) is 0.708. The van der Waals surface area contributed by atoms with Gasteiger partial charge in [-0.2, -0.15) is 0 Å². The minimum absolute atomic E-state index is 0. The van der Waals surface area contributed by atoms with Crippen molar-refractivity contribution in [2.75, 3.05) is 58.9 Å². The SMILES string of the molecule is CCNC(=NCCN1CCN(CC)CC1)NC1CCN(Cc2ccccc2)C(C)C1.I. The number of nitrogens with zero attached hydrogens (tertiary/aromatic N) is 4. The highest BCUT2D eigenvalue weighted by atomic mass is 127. The zero-order valence-corrected chi connectivity index (χ0v) is 22.1. The fourth-order valence-electron chi connectivity index (χ4n) is 4.55. The Hall–Kier alpha value is -0.900. The second-order valence-electron chi connectivity index (χ2n) is 8.71. The third-order valence-corrected chi connectivity index (χ3v) is 6.53. The molecule has 0 aromatic heterocycles. The summed E-state index contributed by atoms with van der Waals surface area (Å²) in [4.78, 5) is 12.6. The molecule has 0 spiro atoms. The van der Waals surface area contributed by atoms with Gasteiger partial charge >= 0.3 is 0 Å². The van der Waals surface area contributed by atoms with Crippen molar-refractivity contribution in [1.82, 2.24) is 25.3 Å². The molecule has 6 nitrogen and oxygen atoms in total. The molecule has 2 atom stereocenters. The minimum Gasteiger partial charge on any atom is -0.357 e. The predicted molar refractivity (Wildman–Crippen MR) is 142 cm³/mol. The van der Waals surface area contributed by atoms with Gasteiger partial charge in [0.25, 0.3) is 0 Å². The van der Waals surface area contributed by atoms with Gasteiger partial charge in [-0.1, -0.05) is 37.3 Å². The number of aliphatic imine (C=N–C) groups is 1. The van der Waals surface area contributed by atoms with Crippen molar-refractivity contribution in [3.05, 3.63) is 35.9 Å². The maximum absolute atomic E-state index is 4.88. The number of halogens is 1. The van der Waals surface area contributed by atoms with Gasteiger partial charge in [-0.3, -0.25) is 14.8 Å². The zero-order valence-electron chi connectivity index (χ0n) is 19.7. The van der Waals surface area contributed by atoms with Crippen LogP contribution < -0.4 is 10.6 Å². The lowest BCUT2D eigenvalue weighted by molar-refractivity contribution is 0.134. The van der Waals surface area contributed by atoms with Crippen molar-refractivity contribution in [2.45, 2.75) is 52.2 Å². The Morgan fingerprint density at radius 2 is 1.74 bits per heavy atom. The lowest BCUT2D eigenvalue weighted by atomic mass is 9.97. The Morgan fingerprint density at radius 1 is 1.03 bits per heavy atom. The largest absolute Gasteiger partial charge is 0.357 e. The highest BCUT2D eigenvalue weighted by Gasteiger charge is 2.26. The summed E-state index contributed by atoms with van der Waals surface area (Å²) in [6, 6.07) is 11.9. The van der Waals surface area contributed by atoms with Gasteiger partial charge in [-0.15, -0.1) is 24.0 Å². The van der Waals surface area contributed by atoms with E-state index >= 15 is 0 Å². The average Bonchev–Trinajstić information content (AvgIpc) is 2.77. The number of piperazine rings is 1. The lowest BCUT2D eigenvalue weighted by Crippen LogP contribution is -2.51. The van der Waals surface area contributed by atoms with Crippen LogP contribution in [-0.2, 0) is 6.54 Å². The Kier molecular flexibility index (Phi) is 12.1. The van der Waals surface area contributed by atoms with Gasteiger partial charge in [0.2, 0.25) is 0 Å². The van der Waals surface area contributed by atoms with Crippen LogP contribution in [0.2, 0.25) is 0 Å². The lowest BCUT2D eigenvalue weighted by Gasteiger charge is -2.38. The van der Waals surface area contributed by atoms with E-state index in [1.807, 2.05) is 0 Å². The Morgan fingerprint density at radius 3 is 2.39 bits per heavy atom. The Balaban J connectivity index is 0.00000341. The average molecular weight is 543 g/mol. The molecular weight excluding hydrogens is 499 g/mol. The monoisotopic (exact) mass is 542 g/mol. The van der Waals surface area contributed by atoms with Crippen LogP contribution >= 0.6 is 24.0 Å². The number of nitrogens with one attached hydrogen (secondary N) is 2. The molecule has 2 saturated heterocycles. The van der Waals surface area contributed by atoms with E-state index in [-0.39, 0.29) is 24.0 Å². The molecule has 0 radical (unpaired) electrons. The van der Waals surface area contributed by atoms with Crippen LogP contribution in [0.4, 0.5) is 0 Å². The molecule has 3 rings (SSSR count). The van der Waals surface area contributed by atoms with Gasteiger partial charge in [-0.25, -0.2) is 0 Å². The van der Waals surface area contributed by atoms with Crippen LogP contribution in [-0.4, -0.2) is 91.6 Å². The van der Waals surface area contributed by atoms with Gasteiger partial charge in [0.1, 0.15) is 0 Å². The number of hydrogen-bond acceptors (Lipinski definition) is 4. The van der Waals surface area contributed by atoms with Crippen molar-refractivity contribution in [2.24, 2.45) is 4.99 Å². The first-order valence-corrected chi connectivity index (χ1v) is 12.0. The Bertz CT molecular complexity index is 632. The molecule has 2 aliphatic heterocycles. The molecule has 0 aliphatic carbocycles. The number of likely N-dealkylation sites (N-methyl/N-ethyl adjacent to an activating group) is 1. The molecular formula is C24H43IN6. The van der Waals surface area contributed by atoms with Crippen molar-refractivity contribution in [3.8, 4) is 0 Å². The van der Waals surface area contributed by atoms with Gasteiger partial charge in [0, 0.05) is 64.4 Å². The standard InChI is InChI=1S/C24H42N6.HI/c1-4-25-24(26-12-14-29-17-15-28(5-2)16-18-29)27-23-11-13-30(21(3)19-23)20-22-9-7-6-8-10-22;/h6-10,21,23H,4-5,11-20H2,1-3H3,(H2,25,26,27);1H. The van der Waals surface area contributed by atoms with E-state index in [0.29, 0.717) is 12.1 Å². The summed E-state index contributed by atoms with van der Waals surface area (Å²) in [6.07, 6.45) is 2.33. The number of hydrogen-bond donors (Lipinski definition) is 2. The molecule has 2 unspecified atom stereocenters. The summed E-state index contributed by atoms with van der Waals surface area (Å²) in [5, 5.41) is 7.16. The highest BCUT2D eigenvalue weighted by Crippen LogP contribution is 2.19. The second kappa shape index (κ2) is 14.3. The van der Waals surface area contributed by atoms with Crippen molar-refractivity contribution < 1.29 is 0 Å². The number of rotatable bonds is 8. The zero-order chi connectivity index (χ0) is 21.2. The van der Waals surface area contributed by atoms with E-state index in [2.05, 4.69) is 76.4 Å². The van der Waals surface area contributed by atoms with E-state index in [4.69, 9.17) is 4.99 Å². The number of guanidine groups is 1. The molecule has 0 bridgehead atoms. The molecule has 1 aromatic carbocycles. The van der Waals surface area contributed by atoms with Crippen LogP contribution in [0.5, 0.6) is 0 Å². The van der Waals surface area contributed by atoms with Gasteiger partial charge in [0.05, 0.1) is 6.54 Å². The van der Waals surface area contributed by atoms with Crippen molar-refractivity contribution in [3.63, 3.8) is 0 Å². The van der Waals surface area contributed by atoms with E-state index in [0.717, 1.165) is 45.1 Å². The summed E-state index contributed by atoms with van der Waals surface area (Å²) in [5.41, 5.74) is 1.41. The first-order chi connectivity index (χ1) is 14.7. The van der Waals surface area contributed by atoms with Crippen LogP contribution in [0.25, 0.3) is 0 Å². The molecule has 2 fully saturated rings. The summed E-state index contributed by atoms with van der Waals surface area (Å²) in [6.45, 7) is 17.7. The summed E-state index contributed by atoms with van der Waals surface area (Å²) >= 11 is 0. The second-order valence-corrected chi connectivity index (χ2v) is 8.71. The quantitative estimate of drug-likeness (QED) is 0.301. The molecule has 2 heterocycles. The smallest absolute Gasteiger partial charge is 0.191 e. The Labute approximate surface area is 206 Å². The molecule has 2 N–H and O–H groups in total. The maximum Gasteiger partial charge on any atom is 0.191 e. The van der Waals surface area contributed by atoms with E-state index in [1.165, 1.54) is 44.7 Å². The molecule has 176 valence electrons. The molecule has 1 aromatic rings. The third kappa shape index (κ3) is 8.86. The highest BCUT2D eigenvalue weighted by molar-refractivity contribution is 14.0. The number of piperidine rings is 1. The van der Waals surface area contributed by atoms with E-state index < -0.39 is 0 Å². The van der Waals surface area contributed by atoms with Crippen LogP contribution in [0, 0.1) is 0 Å². The van der Waals surface area contributed by atoms with Crippen molar-refractivity contribution >= 4 is 29.9 Å². The number of likely N-dealkylation sites (tertiary alicyclic amines) is 1. The summed E-state index contributed by atoms with van der Waals surface area (Å²) in [7, 11) is 0. The normalized spacial score (nSPS) is 23.9. The van der Waals surface area contributed by atoms with Gasteiger partial charge in [0.15, 0.2) is 5.96 Å². The van der Waals surface area contributed by atoms with Crippen LogP contribution in [0.3, 0.4) is 0 Å². The molecule has 31 heavy (non-hydrogen) atoms. The molecule has 0 amide bonds. The predicted octanol–water partition coefficient (Wildman–Crippen LogP) is 2.85. The molecule has 7 heteroatoms. The number of benzene rings is 1. The molecule has 2 aliphatic rings. The van der Waals surface area contributed by atoms with Crippen LogP contribution in [0.15, 0.2) is 35.3 Å². The van der Waals surface area contributed by atoms with E-state index in [9.17, 15) is 0 Å². The summed E-state index contributed by atoms with van der Waals surface area (Å²) in [5.74, 6) is 0.985. The third-order valence-electron chi connectivity index (χ3n) is 6.53. The first kappa shape index (κ1) is 26.4. The van der Waals surface area contributed by atoms with E-state index in [1.54, 1.807) is 0 Å². The van der Waals surface area contributed by atoms with Gasteiger partial charge < -0.3 is 15.5 Å². The van der Waals surface area contributed by atoms with Gasteiger partial charge in [-0.05, 0) is 38.8 Å². The first-order valence-electron chi connectivity index (χ1n) is 12.0. The van der Waals surface area contributed by atoms with Crippen molar-refractivity contribution in [1.29, 1.82) is 0 Å². The summed E-state index contributed by atoms with van der Waals surface area (Å²) < 4.78 is 0. The minimum atomic E-state index is 0. The fourth-order valence-corrected chi connectivity index (χ4v) is 4.55. The maximum atomic E-state index is 4.88. The van der Waals surface area contributed by atoms with Crippen LogP contribution in [0.1, 0.15) is 39.2 Å². The topological polar surface area (TPSA) is 46.1 Å². The molecule has 0 saturated carbocycles.